The summed E-state index contributed by atoms with van der Waals surface area (Å²) >= 11 is 3.33. The molecule has 134 valence electrons. The molecular weight excluding hydrogens is 402 g/mol. The topological polar surface area (TPSA) is 70.8 Å². The largest absolute Gasteiger partial charge is 0.497 e. The molecule has 0 bridgehead atoms. The molecule has 26 heavy (non-hydrogen) atoms. The van der Waals surface area contributed by atoms with Crippen LogP contribution < -0.4 is 9.47 Å². The number of carbonyl (C=O) groups excluding carboxylic acids is 1. The van der Waals surface area contributed by atoms with Crippen LogP contribution >= 0.6 is 15.9 Å². The highest BCUT2D eigenvalue weighted by atomic mass is 79.9. The maximum absolute atomic E-state index is 12.3. The molecule has 0 atom stereocenters. The lowest BCUT2D eigenvalue weighted by molar-refractivity contribution is 0.0463. The Bertz CT molecular complexity index is 905. The van der Waals surface area contributed by atoms with E-state index in [9.17, 15) is 4.79 Å². The van der Waals surface area contributed by atoms with Gasteiger partial charge in [-0.25, -0.2) is 4.79 Å². The van der Waals surface area contributed by atoms with E-state index in [2.05, 4.69) is 21.1 Å². The number of carbonyl (C=O) groups is 1. The summed E-state index contributed by atoms with van der Waals surface area (Å²) in [7, 11) is 3.14. The first-order valence-corrected chi connectivity index (χ1v) is 8.50. The summed E-state index contributed by atoms with van der Waals surface area (Å²) < 4.78 is 21.5. The Hall–Kier alpha value is -2.80. The number of ether oxygens (including phenoxy) is 3. The smallest absolute Gasteiger partial charge is 0.339 e. The minimum absolute atomic E-state index is 0.00212. The molecule has 2 aromatic carbocycles. The van der Waals surface area contributed by atoms with Gasteiger partial charge >= 0.3 is 5.97 Å². The normalized spacial score (nSPS) is 10.4. The van der Waals surface area contributed by atoms with Crippen LogP contribution in [0.2, 0.25) is 0 Å². The molecule has 6 nitrogen and oxygen atoms in total. The Morgan fingerprint density at radius 1 is 1.04 bits per heavy atom. The third-order valence-electron chi connectivity index (χ3n) is 3.68. The lowest BCUT2D eigenvalue weighted by atomic mass is 10.1. The fourth-order valence-electron chi connectivity index (χ4n) is 2.28. The molecule has 0 amide bonds. The van der Waals surface area contributed by atoms with E-state index in [1.165, 1.54) is 7.11 Å². The Kier molecular flexibility index (Phi) is 5.58. The van der Waals surface area contributed by atoms with Gasteiger partial charge in [0.05, 0.1) is 19.8 Å². The number of halogens is 1. The second-order valence-electron chi connectivity index (χ2n) is 5.33. The van der Waals surface area contributed by atoms with Gasteiger partial charge in [-0.1, -0.05) is 5.16 Å². The lowest BCUT2D eigenvalue weighted by Gasteiger charge is -2.07. The monoisotopic (exact) mass is 417 g/mol. The summed E-state index contributed by atoms with van der Waals surface area (Å²) in [5, 5.41) is 3.94. The first kappa shape index (κ1) is 18.0. The predicted molar refractivity (Wildman–Crippen MR) is 98.3 cm³/mol. The van der Waals surface area contributed by atoms with Crippen LogP contribution in [-0.4, -0.2) is 25.3 Å². The van der Waals surface area contributed by atoms with Crippen LogP contribution in [0.15, 0.2) is 57.5 Å². The van der Waals surface area contributed by atoms with Crippen LogP contribution in [0.25, 0.3) is 11.3 Å². The molecule has 0 radical (unpaired) electrons. The summed E-state index contributed by atoms with van der Waals surface area (Å²) in [5.74, 6) is 1.43. The molecule has 1 heterocycles. The SMILES string of the molecule is COc1ccc(-c2cc(COC(=O)c3cc(OC)ccc3Br)no2)cc1. The Balaban J connectivity index is 1.67. The molecule has 7 heteroatoms. The van der Waals surface area contributed by atoms with Crippen molar-refractivity contribution in [2.75, 3.05) is 14.2 Å². The number of esters is 1. The highest BCUT2D eigenvalue weighted by Crippen LogP contribution is 2.25. The van der Waals surface area contributed by atoms with E-state index in [1.807, 2.05) is 24.3 Å². The van der Waals surface area contributed by atoms with E-state index in [0.717, 1.165) is 11.3 Å². The summed E-state index contributed by atoms with van der Waals surface area (Å²) in [6.45, 7) is 0.00212. The minimum atomic E-state index is -0.482. The summed E-state index contributed by atoms with van der Waals surface area (Å²) in [6.07, 6.45) is 0. The van der Waals surface area contributed by atoms with Gasteiger partial charge in [-0.3, -0.25) is 0 Å². The fourth-order valence-corrected chi connectivity index (χ4v) is 2.68. The molecule has 3 aromatic rings. The molecule has 0 spiro atoms. The van der Waals surface area contributed by atoms with E-state index in [1.54, 1.807) is 31.4 Å². The van der Waals surface area contributed by atoms with Crippen molar-refractivity contribution in [3.05, 3.63) is 64.3 Å². The third kappa shape index (κ3) is 4.05. The van der Waals surface area contributed by atoms with E-state index in [0.29, 0.717) is 27.2 Å². The van der Waals surface area contributed by atoms with Crippen molar-refractivity contribution in [2.24, 2.45) is 0 Å². The van der Waals surface area contributed by atoms with Gasteiger partial charge in [0.15, 0.2) is 5.76 Å². The van der Waals surface area contributed by atoms with E-state index in [-0.39, 0.29) is 6.61 Å². The average molecular weight is 418 g/mol. The van der Waals surface area contributed by atoms with Gasteiger partial charge < -0.3 is 18.7 Å². The average Bonchev–Trinajstić information content (AvgIpc) is 3.15. The van der Waals surface area contributed by atoms with Crippen LogP contribution in [0.3, 0.4) is 0 Å². The predicted octanol–water partition coefficient (Wildman–Crippen LogP) is 4.48. The van der Waals surface area contributed by atoms with Crippen molar-refractivity contribution in [1.82, 2.24) is 5.16 Å². The van der Waals surface area contributed by atoms with Crippen molar-refractivity contribution < 1.29 is 23.5 Å². The Morgan fingerprint density at radius 2 is 1.73 bits per heavy atom. The van der Waals surface area contributed by atoms with Crippen LogP contribution in [0.1, 0.15) is 16.1 Å². The summed E-state index contributed by atoms with van der Waals surface area (Å²) in [5.41, 5.74) is 1.75. The van der Waals surface area contributed by atoms with Crippen LogP contribution in [0.4, 0.5) is 0 Å². The summed E-state index contributed by atoms with van der Waals surface area (Å²) in [6, 6.07) is 14.2. The van der Waals surface area contributed by atoms with Gasteiger partial charge in [0.25, 0.3) is 0 Å². The minimum Gasteiger partial charge on any atom is -0.497 e. The molecule has 0 fully saturated rings. The quantitative estimate of drug-likeness (QED) is 0.550. The number of hydrogen-bond acceptors (Lipinski definition) is 6. The molecule has 0 saturated heterocycles. The highest BCUT2D eigenvalue weighted by Gasteiger charge is 2.15. The molecule has 0 aliphatic rings. The second kappa shape index (κ2) is 8.05. The fraction of sp³-hybridized carbons (Fsp3) is 0.158. The number of hydrogen-bond donors (Lipinski definition) is 0. The zero-order chi connectivity index (χ0) is 18.5. The molecule has 0 aliphatic carbocycles. The molecule has 1 aromatic heterocycles. The van der Waals surface area contributed by atoms with E-state index in [4.69, 9.17) is 18.7 Å². The zero-order valence-electron chi connectivity index (χ0n) is 14.2. The number of aromatic nitrogens is 1. The van der Waals surface area contributed by atoms with Crippen molar-refractivity contribution in [3.8, 4) is 22.8 Å². The molecule has 0 saturated carbocycles. The van der Waals surface area contributed by atoms with E-state index >= 15 is 0 Å². The lowest BCUT2D eigenvalue weighted by Crippen LogP contribution is -2.06. The van der Waals surface area contributed by atoms with Crippen molar-refractivity contribution >= 4 is 21.9 Å². The highest BCUT2D eigenvalue weighted by molar-refractivity contribution is 9.10. The molecule has 0 aliphatic heterocycles. The standard InChI is InChI=1S/C19H16BrNO5/c1-23-14-5-3-12(4-6-14)18-9-13(21-26-18)11-25-19(22)16-10-15(24-2)7-8-17(16)20/h3-10H,11H2,1-2H3. The van der Waals surface area contributed by atoms with Crippen molar-refractivity contribution in [3.63, 3.8) is 0 Å². The van der Waals surface area contributed by atoms with Crippen molar-refractivity contribution in [1.29, 1.82) is 0 Å². The number of benzene rings is 2. The first-order chi connectivity index (χ1) is 12.6. The van der Waals surface area contributed by atoms with Gasteiger partial charge in [0.2, 0.25) is 0 Å². The Morgan fingerprint density at radius 3 is 2.42 bits per heavy atom. The van der Waals surface area contributed by atoms with Gasteiger partial charge in [-0.2, -0.15) is 0 Å². The van der Waals surface area contributed by atoms with Gasteiger partial charge in [0, 0.05) is 16.1 Å². The number of nitrogens with zero attached hydrogens (tertiary/aromatic N) is 1. The molecule has 0 N–H and O–H groups in total. The maximum Gasteiger partial charge on any atom is 0.339 e. The Labute approximate surface area is 158 Å². The van der Waals surface area contributed by atoms with Gasteiger partial charge in [-0.05, 0) is 58.4 Å². The zero-order valence-corrected chi connectivity index (χ0v) is 15.8. The van der Waals surface area contributed by atoms with E-state index < -0.39 is 5.97 Å². The first-order valence-electron chi connectivity index (χ1n) is 7.71. The summed E-state index contributed by atoms with van der Waals surface area (Å²) in [4.78, 5) is 12.3. The van der Waals surface area contributed by atoms with Crippen LogP contribution in [0.5, 0.6) is 11.5 Å². The third-order valence-corrected chi connectivity index (χ3v) is 4.37. The molecule has 0 unspecified atom stereocenters. The number of methoxy groups -OCH3 is 2. The van der Waals surface area contributed by atoms with Gasteiger partial charge in [-0.15, -0.1) is 0 Å². The van der Waals surface area contributed by atoms with Crippen molar-refractivity contribution in [2.45, 2.75) is 6.61 Å². The van der Waals surface area contributed by atoms with Crippen LogP contribution in [0, 0.1) is 0 Å². The number of rotatable bonds is 6. The second-order valence-corrected chi connectivity index (χ2v) is 6.19. The maximum atomic E-state index is 12.3. The van der Waals surface area contributed by atoms with Gasteiger partial charge in [0.1, 0.15) is 23.8 Å². The molecular formula is C19H16BrNO5. The van der Waals surface area contributed by atoms with Crippen LogP contribution in [-0.2, 0) is 11.3 Å². The molecule has 3 rings (SSSR count).